The summed E-state index contributed by atoms with van der Waals surface area (Å²) in [5.41, 5.74) is 1.70. The Bertz CT molecular complexity index is 1050. The van der Waals surface area contributed by atoms with Gasteiger partial charge < -0.3 is 19.7 Å². The van der Waals surface area contributed by atoms with Gasteiger partial charge in [0.2, 0.25) is 10.0 Å². The number of methoxy groups -OCH3 is 1. The smallest absolute Gasteiger partial charge is 0.324 e. The molecule has 1 amide bonds. The SMILES string of the molecule is COc1ccc(S(=O)(=O)N[C@@H](C)C(=O)OCC(=O)Nc2ccc(N3CCCCC3)cc2)cc1. The van der Waals surface area contributed by atoms with Crippen LogP contribution in [-0.4, -0.2) is 53.1 Å². The molecule has 0 saturated carbocycles. The van der Waals surface area contributed by atoms with Crippen LogP contribution >= 0.6 is 0 Å². The molecule has 2 N–H and O–H groups in total. The second-order valence-corrected chi connectivity index (χ2v) is 9.48. The molecule has 3 rings (SSSR count). The lowest BCUT2D eigenvalue weighted by Gasteiger charge is -2.28. The van der Waals surface area contributed by atoms with Gasteiger partial charge >= 0.3 is 5.97 Å². The number of nitrogens with one attached hydrogen (secondary N) is 2. The van der Waals surface area contributed by atoms with Crippen molar-refractivity contribution in [2.75, 3.05) is 37.0 Å². The highest BCUT2D eigenvalue weighted by molar-refractivity contribution is 7.89. The first-order valence-electron chi connectivity index (χ1n) is 10.8. The van der Waals surface area contributed by atoms with Crippen molar-refractivity contribution in [1.29, 1.82) is 0 Å². The van der Waals surface area contributed by atoms with Gasteiger partial charge in [-0.15, -0.1) is 0 Å². The second-order valence-electron chi connectivity index (χ2n) is 7.77. The normalized spacial score (nSPS) is 14.9. The van der Waals surface area contributed by atoms with Crippen molar-refractivity contribution in [1.82, 2.24) is 4.72 Å². The number of esters is 1. The molecule has 0 radical (unpaired) electrons. The lowest BCUT2D eigenvalue weighted by atomic mass is 10.1. The summed E-state index contributed by atoms with van der Waals surface area (Å²) >= 11 is 0. The van der Waals surface area contributed by atoms with E-state index in [0.717, 1.165) is 18.8 Å². The van der Waals surface area contributed by atoms with Gasteiger partial charge in [0.15, 0.2) is 6.61 Å². The van der Waals surface area contributed by atoms with Crippen molar-refractivity contribution in [3.63, 3.8) is 0 Å². The molecule has 0 unspecified atom stereocenters. The Labute approximate surface area is 194 Å². The molecule has 0 spiro atoms. The van der Waals surface area contributed by atoms with E-state index >= 15 is 0 Å². The summed E-state index contributed by atoms with van der Waals surface area (Å²) in [7, 11) is -2.47. The van der Waals surface area contributed by atoms with Crippen LogP contribution in [0.2, 0.25) is 0 Å². The molecule has 1 heterocycles. The number of carbonyl (C=O) groups is 2. The van der Waals surface area contributed by atoms with E-state index in [1.54, 1.807) is 12.1 Å². The molecule has 178 valence electrons. The number of ether oxygens (including phenoxy) is 2. The summed E-state index contributed by atoms with van der Waals surface area (Å²) in [6.45, 7) is 2.88. The Morgan fingerprint density at radius 3 is 2.24 bits per heavy atom. The Morgan fingerprint density at radius 1 is 1.00 bits per heavy atom. The lowest BCUT2D eigenvalue weighted by Crippen LogP contribution is -2.40. The van der Waals surface area contributed by atoms with Crippen LogP contribution in [0.15, 0.2) is 53.4 Å². The van der Waals surface area contributed by atoms with Gasteiger partial charge in [-0.1, -0.05) is 0 Å². The van der Waals surface area contributed by atoms with E-state index in [-0.39, 0.29) is 4.90 Å². The minimum Gasteiger partial charge on any atom is -0.497 e. The molecule has 0 bridgehead atoms. The average molecular weight is 476 g/mol. The minimum atomic E-state index is -3.94. The largest absolute Gasteiger partial charge is 0.497 e. The van der Waals surface area contributed by atoms with E-state index in [1.807, 2.05) is 12.1 Å². The molecule has 1 saturated heterocycles. The van der Waals surface area contributed by atoms with Gasteiger partial charge in [-0.2, -0.15) is 4.72 Å². The van der Waals surface area contributed by atoms with Crippen molar-refractivity contribution >= 4 is 33.3 Å². The van der Waals surface area contributed by atoms with Gasteiger partial charge in [0.25, 0.3) is 5.91 Å². The number of carbonyl (C=O) groups excluding carboxylic acids is 2. The second kappa shape index (κ2) is 11.2. The number of piperidine rings is 1. The highest BCUT2D eigenvalue weighted by Crippen LogP contribution is 2.22. The van der Waals surface area contributed by atoms with Gasteiger partial charge in [0, 0.05) is 24.5 Å². The fourth-order valence-corrected chi connectivity index (χ4v) is 4.66. The molecule has 0 aromatic heterocycles. The van der Waals surface area contributed by atoms with E-state index in [9.17, 15) is 18.0 Å². The minimum absolute atomic E-state index is 0.0197. The van der Waals surface area contributed by atoms with Crippen LogP contribution in [-0.2, 0) is 24.3 Å². The van der Waals surface area contributed by atoms with E-state index in [1.165, 1.54) is 57.6 Å². The Balaban J connectivity index is 1.46. The van der Waals surface area contributed by atoms with Crippen molar-refractivity contribution in [2.24, 2.45) is 0 Å². The zero-order chi connectivity index (χ0) is 23.8. The lowest BCUT2D eigenvalue weighted by molar-refractivity contribution is -0.148. The van der Waals surface area contributed by atoms with Gasteiger partial charge in [-0.25, -0.2) is 8.42 Å². The number of anilines is 2. The Kier molecular flexibility index (Phi) is 8.29. The third kappa shape index (κ3) is 6.93. The standard InChI is InChI=1S/C23H29N3O6S/c1-17(25-33(29,30)21-12-10-20(31-2)11-13-21)23(28)32-16-22(27)24-18-6-8-19(9-7-18)26-14-4-3-5-15-26/h6-13,17,25H,3-5,14-16H2,1-2H3,(H,24,27)/t17-/m0/s1. The zero-order valence-electron chi connectivity index (χ0n) is 18.7. The number of amides is 1. The van der Waals surface area contributed by atoms with Crippen LogP contribution in [0.4, 0.5) is 11.4 Å². The first kappa shape index (κ1) is 24.5. The highest BCUT2D eigenvalue weighted by atomic mass is 32.2. The van der Waals surface area contributed by atoms with Crippen LogP contribution in [0, 0.1) is 0 Å². The quantitative estimate of drug-likeness (QED) is 0.536. The summed E-state index contributed by atoms with van der Waals surface area (Å²) in [6, 6.07) is 12.1. The molecule has 1 aliphatic heterocycles. The number of rotatable bonds is 9. The highest BCUT2D eigenvalue weighted by Gasteiger charge is 2.24. The van der Waals surface area contributed by atoms with Crippen LogP contribution in [0.25, 0.3) is 0 Å². The molecule has 1 aliphatic rings. The van der Waals surface area contributed by atoms with Crippen molar-refractivity contribution in [3.8, 4) is 5.75 Å². The average Bonchev–Trinajstić information content (AvgIpc) is 2.83. The zero-order valence-corrected chi connectivity index (χ0v) is 19.6. The van der Waals surface area contributed by atoms with E-state index in [4.69, 9.17) is 9.47 Å². The van der Waals surface area contributed by atoms with Crippen molar-refractivity contribution < 1.29 is 27.5 Å². The maximum absolute atomic E-state index is 12.4. The number of nitrogens with zero attached hydrogens (tertiary/aromatic N) is 1. The van der Waals surface area contributed by atoms with Crippen LogP contribution in [0.3, 0.4) is 0 Å². The molecule has 1 atom stereocenters. The molecule has 33 heavy (non-hydrogen) atoms. The molecule has 2 aromatic rings. The summed E-state index contributed by atoms with van der Waals surface area (Å²) in [5.74, 6) is -0.865. The van der Waals surface area contributed by atoms with Gasteiger partial charge in [0.05, 0.1) is 12.0 Å². The summed E-state index contributed by atoms with van der Waals surface area (Å²) in [6.07, 6.45) is 3.61. The van der Waals surface area contributed by atoms with E-state index < -0.39 is 34.5 Å². The number of benzene rings is 2. The third-order valence-corrected chi connectivity index (χ3v) is 6.83. The van der Waals surface area contributed by atoms with Crippen LogP contribution in [0.5, 0.6) is 5.75 Å². The molecular weight excluding hydrogens is 446 g/mol. The Hall–Kier alpha value is -3.11. The van der Waals surface area contributed by atoms with E-state index in [2.05, 4.69) is 14.9 Å². The topological polar surface area (TPSA) is 114 Å². The fourth-order valence-electron chi connectivity index (χ4n) is 3.47. The number of sulfonamides is 1. The molecule has 1 fully saturated rings. The van der Waals surface area contributed by atoms with Crippen molar-refractivity contribution in [2.45, 2.75) is 37.1 Å². The number of hydrogen-bond acceptors (Lipinski definition) is 7. The number of hydrogen-bond donors (Lipinski definition) is 2. The molecule has 9 nitrogen and oxygen atoms in total. The van der Waals surface area contributed by atoms with Gasteiger partial charge in [-0.05, 0) is 74.7 Å². The van der Waals surface area contributed by atoms with Crippen LogP contribution in [0.1, 0.15) is 26.2 Å². The van der Waals surface area contributed by atoms with Gasteiger partial charge in [0.1, 0.15) is 11.8 Å². The molecule has 2 aromatic carbocycles. The van der Waals surface area contributed by atoms with Crippen molar-refractivity contribution in [3.05, 3.63) is 48.5 Å². The van der Waals surface area contributed by atoms with Gasteiger partial charge in [-0.3, -0.25) is 9.59 Å². The molecule has 10 heteroatoms. The monoisotopic (exact) mass is 475 g/mol. The maximum atomic E-state index is 12.4. The van der Waals surface area contributed by atoms with E-state index in [0.29, 0.717) is 11.4 Å². The summed E-state index contributed by atoms with van der Waals surface area (Å²) in [4.78, 5) is 26.6. The molecular formula is C23H29N3O6S. The maximum Gasteiger partial charge on any atom is 0.324 e. The molecule has 0 aliphatic carbocycles. The van der Waals surface area contributed by atoms with Crippen LogP contribution < -0.4 is 19.7 Å². The third-order valence-electron chi connectivity index (χ3n) is 5.27. The summed E-state index contributed by atoms with van der Waals surface area (Å²) < 4.78 is 37.1. The fraction of sp³-hybridized carbons (Fsp3) is 0.391. The summed E-state index contributed by atoms with van der Waals surface area (Å²) in [5, 5.41) is 2.67. The first-order valence-corrected chi connectivity index (χ1v) is 12.2. The Morgan fingerprint density at radius 2 is 1.64 bits per heavy atom. The predicted molar refractivity (Wildman–Crippen MR) is 125 cm³/mol. The first-order chi connectivity index (χ1) is 15.8. The predicted octanol–water partition coefficient (Wildman–Crippen LogP) is 2.53.